The predicted octanol–water partition coefficient (Wildman–Crippen LogP) is 5.71. The first-order chi connectivity index (χ1) is 11.2. The normalized spacial score (nSPS) is 11.0. The fourth-order valence-corrected chi connectivity index (χ4v) is 2.62. The van der Waals surface area contributed by atoms with E-state index in [9.17, 15) is 4.79 Å². The second-order valence-corrected chi connectivity index (χ2v) is 6.36. The molecule has 23 heavy (non-hydrogen) atoms. The minimum atomic E-state index is -0.0220. The predicted molar refractivity (Wildman–Crippen MR) is 99.0 cm³/mol. The first kappa shape index (κ1) is 19.7. The lowest BCUT2D eigenvalue weighted by Gasteiger charge is -2.02. The van der Waals surface area contributed by atoms with Gasteiger partial charge in [-0.1, -0.05) is 82.0 Å². The van der Waals surface area contributed by atoms with E-state index >= 15 is 0 Å². The Bertz CT molecular complexity index is 474. The fraction of sp³-hybridized carbons (Fsp3) is 0.579. The van der Waals surface area contributed by atoms with E-state index in [1.807, 2.05) is 12.1 Å². The fourth-order valence-electron chi connectivity index (χ4n) is 2.42. The van der Waals surface area contributed by atoms with Gasteiger partial charge in [0.05, 0.1) is 6.21 Å². The molecule has 0 atom stereocenters. The zero-order valence-electron chi connectivity index (χ0n) is 14.2. The lowest BCUT2D eigenvalue weighted by Crippen LogP contribution is -2.16. The van der Waals surface area contributed by atoms with Crippen molar-refractivity contribution in [3.05, 3.63) is 34.9 Å². The highest BCUT2D eigenvalue weighted by atomic mass is 35.5. The number of hydrogen-bond acceptors (Lipinski definition) is 2. The summed E-state index contributed by atoms with van der Waals surface area (Å²) >= 11 is 5.88. The lowest BCUT2D eigenvalue weighted by molar-refractivity contribution is -0.121. The maximum atomic E-state index is 11.7. The number of rotatable bonds is 12. The number of benzene rings is 1. The van der Waals surface area contributed by atoms with Crippen LogP contribution < -0.4 is 5.43 Å². The van der Waals surface area contributed by atoms with E-state index in [2.05, 4.69) is 17.5 Å². The first-order valence-electron chi connectivity index (χ1n) is 8.80. The molecule has 0 saturated carbocycles. The van der Waals surface area contributed by atoms with Crippen LogP contribution in [-0.4, -0.2) is 12.1 Å². The molecule has 1 rings (SSSR count). The van der Waals surface area contributed by atoms with E-state index in [-0.39, 0.29) is 5.91 Å². The Kier molecular flexibility index (Phi) is 11.2. The van der Waals surface area contributed by atoms with Crippen molar-refractivity contribution in [2.75, 3.05) is 0 Å². The average Bonchev–Trinajstić information content (AvgIpc) is 2.53. The second kappa shape index (κ2) is 13.1. The van der Waals surface area contributed by atoms with Gasteiger partial charge in [0.1, 0.15) is 0 Å². The van der Waals surface area contributed by atoms with Crippen molar-refractivity contribution in [2.45, 2.75) is 71.1 Å². The zero-order valence-corrected chi connectivity index (χ0v) is 14.9. The second-order valence-electron chi connectivity index (χ2n) is 5.93. The van der Waals surface area contributed by atoms with Crippen LogP contribution in [0.1, 0.15) is 76.7 Å². The van der Waals surface area contributed by atoms with Gasteiger partial charge < -0.3 is 0 Å². The number of nitrogens with one attached hydrogen (secondary N) is 1. The smallest absolute Gasteiger partial charge is 0.240 e. The van der Waals surface area contributed by atoms with Crippen LogP contribution in [0.2, 0.25) is 5.02 Å². The van der Waals surface area contributed by atoms with Crippen molar-refractivity contribution >= 4 is 23.7 Å². The summed E-state index contributed by atoms with van der Waals surface area (Å²) in [6, 6.07) is 7.36. The molecule has 0 aromatic heterocycles. The molecule has 0 unspecified atom stereocenters. The molecule has 1 aromatic rings. The van der Waals surface area contributed by atoms with Gasteiger partial charge in [0.25, 0.3) is 0 Å². The van der Waals surface area contributed by atoms with E-state index in [0.717, 1.165) is 18.4 Å². The summed E-state index contributed by atoms with van der Waals surface area (Å²) in [4.78, 5) is 11.7. The number of nitrogens with zero attached hydrogens (tertiary/aromatic N) is 1. The van der Waals surface area contributed by atoms with Crippen LogP contribution in [0.4, 0.5) is 0 Å². The Morgan fingerprint density at radius 2 is 1.74 bits per heavy atom. The number of hydrogen-bond donors (Lipinski definition) is 1. The minimum Gasteiger partial charge on any atom is -0.273 e. The molecule has 0 aliphatic rings. The van der Waals surface area contributed by atoms with Gasteiger partial charge in [-0.3, -0.25) is 4.79 Å². The van der Waals surface area contributed by atoms with E-state index in [0.29, 0.717) is 11.4 Å². The van der Waals surface area contributed by atoms with E-state index in [1.165, 1.54) is 44.9 Å². The Hall–Kier alpha value is -1.35. The Balaban J connectivity index is 2.00. The summed E-state index contributed by atoms with van der Waals surface area (Å²) < 4.78 is 0. The van der Waals surface area contributed by atoms with Crippen molar-refractivity contribution in [3.8, 4) is 0 Å². The third-order valence-corrected chi connectivity index (χ3v) is 3.99. The highest BCUT2D eigenvalue weighted by Gasteiger charge is 1.99. The molecule has 0 radical (unpaired) electrons. The van der Waals surface area contributed by atoms with Crippen molar-refractivity contribution < 1.29 is 4.79 Å². The number of hydrazone groups is 1. The molecule has 0 aliphatic heterocycles. The average molecular weight is 337 g/mol. The zero-order chi connectivity index (χ0) is 16.8. The Labute approximate surface area is 145 Å². The summed E-state index contributed by atoms with van der Waals surface area (Å²) in [5, 5.41) is 4.62. The van der Waals surface area contributed by atoms with Gasteiger partial charge in [0.15, 0.2) is 0 Å². The maximum absolute atomic E-state index is 11.7. The molecule has 0 heterocycles. The monoisotopic (exact) mass is 336 g/mol. The van der Waals surface area contributed by atoms with Crippen LogP contribution in [0, 0.1) is 0 Å². The molecule has 1 N–H and O–H groups in total. The summed E-state index contributed by atoms with van der Waals surface area (Å²) in [7, 11) is 0. The highest BCUT2D eigenvalue weighted by Crippen LogP contribution is 2.10. The number of amides is 1. The van der Waals surface area contributed by atoms with Crippen molar-refractivity contribution in [1.29, 1.82) is 0 Å². The van der Waals surface area contributed by atoms with Crippen LogP contribution in [-0.2, 0) is 4.79 Å². The summed E-state index contributed by atoms with van der Waals surface area (Å²) in [5.74, 6) is -0.0220. The molecule has 1 aromatic carbocycles. The highest BCUT2D eigenvalue weighted by molar-refractivity contribution is 6.30. The standard InChI is InChI=1S/C19H29ClN2O/c1-2-3-4-5-6-7-8-9-10-14-19(23)22-21-16-17-12-11-13-18(20)15-17/h11-13,15-16H,2-10,14H2,1H3,(H,22,23). The Morgan fingerprint density at radius 3 is 2.39 bits per heavy atom. The van der Waals surface area contributed by atoms with Gasteiger partial charge in [0.2, 0.25) is 5.91 Å². The molecular formula is C19H29ClN2O. The summed E-state index contributed by atoms with van der Waals surface area (Å²) in [6.45, 7) is 2.24. The first-order valence-corrected chi connectivity index (χ1v) is 9.17. The number of carbonyl (C=O) groups is 1. The van der Waals surface area contributed by atoms with Crippen molar-refractivity contribution in [2.24, 2.45) is 5.10 Å². The van der Waals surface area contributed by atoms with Crippen LogP contribution in [0.15, 0.2) is 29.4 Å². The molecule has 0 aliphatic carbocycles. The summed E-state index contributed by atoms with van der Waals surface area (Å²) in [6.07, 6.45) is 13.4. The molecule has 128 valence electrons. The number of carbonyl (C=O) groups excluding carboxylic acids is 1. The maximum Gasteiger partial charge on any atom is 0.240 e. The van der Waals surface area contributed by atoms with Crippen LogP contribution in [0.25, 0.3) is 0 Å². The molecule has 1 amide bonds. The number of unbranched alkanes of at least 4 members (excludes halogenated alkanes) is 8. The van der Waals surface area contributed by atoms with E-state index in [4.69, 9.17) is 11.6 Å². The van der Waals surface area contributed by atoms with Gasteiger partial charge >= 0.3 is 0 Å². The van der Waals surface area contributed by atoms with Gasteiger partial charge in [-0.25, -0.2) is 5.43 Å². The molecule has 0 saturated heterocycles. The lowest BCUT2D eigenvalue weighted by atomic mass is 10.1. The largest absolute Gasteiger partial charge is 0.273 e. The molecule has 3 nitrogen and oxygen atoms in total. The molecule has 0 spiro atoms. The van der Waals surface area contributed by atoms with Crippen molar-refractivity contribution in [3.63, 3.8) is 0 Å². The minimum absolute atomic E-state index is 0.0220. The number of halogens is 1. The molecule has 0 bridgehead atoms. The van der Waals surface area contributed by atoms with Crippen LogP contribution in [0.3, 0.4) is 0 Å². The van der Waals surface area contributed by atoms with Gasteiger partial charge in [0, 0.05) is 11.4 Å². The van der Waals surface area contributed by atoms with Gasteiger partial charge in [-0.05, 0) is 24.1 Å². The quantitative estimate of drug-likeness (QED) is 0.296. The van der Waals surface area contributed by atoms with Crippen LogP contribution >= 0.6 is 11.6 Å². The SMILES string of the molecule is CCCCCCCCCCCC(=O)NN=Cc1cccc(Cl)c1. The Morgan fingerprint density at radius 1 is 1.09 bits per heavy atom. The van der Waals surface area contributed by atoms with Crippen LogP contribution in [0.5, 0.6) is 0 Å². The molecule has 4 heteroatoms. The molecule has 0 fully saturated rings. The van der Waals surface area contributed by atoms with E-state index in [1.54, 1.807) is 18.3 Å². The van der Waals surface area contributed by atoms with Gasteiger partial charge in [-0.2, -0.15) is 5.10 Å². The molecular weight excluding hydrogens is 308 g/mol. The third kappa shape index (κ3) is 10.9. The van der Waals surface area contributed by atoms with E-state index < -0.39 is 0 Å². The summed E-state index contributed by atoms with van der Waals surface area (Å²) in [5.41, 5.74) is 3.44. The van der Waals surface area contributed by atoms with Crippen molar-refractivity contribution in [1.82, 2.24) is 5.43 Å². The topological polar surface area (TPSA) is 41.5 Å². The van der Waals surface area contributed by atoms with Gasteiger partial charge in [-0.15, -0.1) is 0 Å². The third-order valence-electron chi connectivity index (χ3n) is 3.76.